The average molecular weight is 495 g/mol. The lowest BCUT2D eigenvalue weighted by atomic mass is 10.0. The molecular formula is C32H50N2O2. The minimum absolute atomic E-state index is 0.850. The van der Waals surface area contributed by atoms with E-state index in [1.807, 2.05) is 12.1 Å². The van der Waals surface area contributed by atoms with Gasteiger partial charge in [0, 0.05) is 43.1 Å². The molecule has 0 aliphatic heterocycles. The van der Waals surface area contributed by atoms with Gasteiger partial charge in [0.15, 0.2) is 0 Å². The molecule has 2 aromatic carbocycles. The van der Waals surface area contributed by atoms with Crippen molar-refractivity contribution in [3.8, 4) is 11.5 Å². The summed E-state index contributed by atoms with van der Waals surface area (Å²) in [7, 11) is 3.49. The third kappa shape index (κ3) is 8.80. The number of anilines is 1. The predicted octanol–water partition coefficient (Wildman–Crippen LogP) is 8.51. The van der Waals surface area contributed by atoms with E-state index in [1.165, 1.54) is 55.5 Å². The maximum Gasteiger partial charge on any atom is 0.128 e. The van der Waals surface area contributed by atoms with Crippen LogP contribution >= 0.6 is 0 Å². The number of hydrogen-bond acceptors (Lipinski definition) is 4. The van der Waals surface area contributed by atoms with Crippen LogP contribution in [0.1, 0.15) is 90.2 Å². The van der Waals surface area contributed by atoms with E-state index in [1.54, 1.807) is 14.2 Å². The van der Waals surface area contributed by atoms with Crippen molar-refractivity contribution in [2.24, 2.45) is 0 Å². The third-order valence-corrected chi connectivity index (χ3v) is 6.72. The first-order chi connectivity index (χ1) is 17.6. The zero-order valence-corrected chi connectivity index (χ0v) is 23.8. The molecule has 0 spiro atoms. The molecule has 0 saturated heterocycles. The highest BCUT2D eigenvalue weighted by Gasteiger charge is 2.19. The standard InChI is InChI=1S/C32H50N2O2/c1-7-11-21-33(22-12-8-2)30-18-16-15-17-27(30)25-31(34(23-13-9-3)24-14-10-4)29-26-28(35-5)19-20-32(29)36-6/h15-20,25-26H,7-14,21-24H2,1-6H3. The Kier molecular flexibility index (Phi) is 13.9. The average Bonchev–Trinajstić information content (AvgIpc) is 2.92. The van der Waals surface area contributed by atoms with Crippen LogP contribution in [0.4, 0.5) is 5.69 Å². The molecule has 0 fully saturated rings. The number of para-hydroxylation sites is 1. The molecule has 0 heterocycles. The quantitative estimate of drug-likeness (QED) is 0.194. The lowest BCUT2D eigenvalue weighted by Gasteiger charge is -2.30. The number of unbranched alkanes of at least 4 members (excludes halogenated alkanes) is 4. The minimum atomic E-state index is 0.850. The number of rotatable bonds is 18. The summed E-state index contributed by atoms with van der Waals surface area (Å²) >= 11 is 0. The van der Waals surface area contributed by atoms with Crippen molar-refractivity contribution in [3.63, 3.8) is 0 Å². The van der Waals surface area contributed by atoms with Crippen LogP contribution < -0.4 is 14.4 Å². The molecule has 4 nitrogen and oxygen atoms in total. The van der Waals surface area contributed by atoms with Crippen LogP contribution in [0.5, 0.6) is 11.5 Å². The molecule has 0 saturated carbocycles. The first-order valence-corrected chi connectivity index (χ1v) is 14.2. The van der Waals surface area contributed by atoms with Crippen LogP contribution in [0.2, 0.25) is 0 Å². The lowest BCUT2D eigenvalue weighted by Crippen LogP contribution is -2.27. The molecule has 36 heavy (non-hydrogen) atoms. The molecule has 2 rings (SSSR count). The topological polar surface area (TPSA) is 24.9 Å². The van der Waals surface area contributed by atoms with E-state index in [2.05, 4.69) is 73.9 Å². The number of hydrogen-bond donors (Lipinski definition) is 0. The van der Waals surface area contributed by atoms with E-state index in [0.717, 1.165) is 56.1 Å². The Morgan fingerprint density at radius 1 is 0.722 bits per heavy atom. The van der Waals surface area contributed by atoms with Crippen LogP contribution in [0.25, 0.3) is 11.8 Å². The molecule has 0 bridgehead atoms. The second-order valence-electron chi connectivity index (χ2n) is 9.54. The molecule has 0 N–H and O–H groups in total. The second-order valence-corrected chi connectivity index (χ2v) is 9.54. The smallest absolute Gasteiger partial charge is 0.128 e. The van der Waals surface area contributed by atoms with Crippen molar-refractivity contribution >= 4 is 17.5 Å². The highest BCUT2D eigenvalue weighted by Crippen LogP contribution is 2.35. The molecule has 0 radical (unpaired) electrons. The van der Waals surface area contributed by atoms with Gasteiger partial charge in [-0.15, -0.1) is 0 Å². The summed E-state index contributed by atoms with van der Waals surface area (Å²) in [6, 6.07) is 15.0. The summed E-state index contributed by atoms with van der Waals surface area (Å²) in [5.74, 6) is 1.73. The Hall–Kier alpha value is -2.62. The number of methoxy groups -OCH3 is 2. The van der Waals surface area contributed by atoms with Gasteiger partial charge in [-0.2, -0.15) is 0 Å². The summed E-state index contributed by atoms with van der Waals surface area (Å²) < 4.78 is 11.5. The summed E-state index contributed by atoms with van der Waals surface area (Å²) in [5, 5.41) is 0. The Balaban J connectivity index is 2.70. The largest absolute Gasteiger partial charge is 0.497 e. The van der Waals surface area contributed by atoms with Crippen LogP contribution in [-0.4, -0.2) is 45.3 Å². The van der Waals surface area contributed by atoms with Gasteiger partial charge in [0.1, 0.15) is 11.5 Å². The monoisotopic (exact) mass is 494 g/mol. The molecular weight excluding hydrogens is 444 g/mol. The van der Waals surface area contributed by atoms with E-state index in [9.17, 15) is 0 Å². The van der Waals surface area contributed by atoms with E-state index < -0.39 is 0 Å². The third-order valence-electron chi connectivity index (χ3n) is 6.72. The molecule has 0 aliphatic carbocycles. The minimum Gasteiger partial charge on any atom is -0.497 e. The van der Waals surface area contributed by atoms with Crippen LogP contribution in [-0.2, 0) is 0 Å². The van der Waals surface area contributed by atoms with Gasteiger partial charge < -0.3 is 19.3 Å². The Morgan fingerprint density at radius 3 is 1.86 bits per heavy atom. The van der Waals surface area contributed by atoms with Crippen LogP contribution in [0.15, 0.2) is 42.5 Å². The molecule has 2 aromatic rings. The fourth-order valence-corrected chi connectivity index (χ4v) is 4.50. The summed E-state index contributed by atoms with van der Waals surface area (Å²) in [4.78, 5) is 5.14. The van der Waals surface area contributed by atoms with Crippen molar-refractivity contribution in [2.75, 3.05) is 45.3 Å². The van der Waals surface area contributed by atoms with Gasteiger partial charge >= 0.3 is 0 Å². The highest BCUT2D eigenvalue weighted by molar-refractivity contribution is 5.87. The van der Waals surface area contributed by atoms with Gasteiger partial charge in [0.2, 0.25) is 0 Å². The first kappa shape index (κ1) is 29.6. The van der Waals surface area contributed by atoms with Gasteiger partial charge in [0.25, 0.3) is 0 Å². The van der Waals surface area contributed by atoms with Gasteiger partial charge in [0.05, 0.1) is 14.2 Å². The maximum absolute atomic E-state index is 5.87. The van der Waals surface area contributed by atoms with Crippen molar-refractivity contribution in [1.82, 2.24) is 4.90 Å². The van der Waals surface area contributed by atoms with Crippen molar-refractivity contribution in [1.29, 1.82) is 0 Å². The van der Waals surface area contributed by atoms with Gasteiger partial charge in [-0.05, 0) is 61.6 Å². The number of nitrogens with zero attached hydrogens (tertiary/aromatic N) is 2. The summed E-state index contributed by atoms with van der Waals surface area (Å²) in [5.41, 5.74) is 4.89. The van der Waals surface area contributed by atoms with Crippen molar-refractivity contribution in [3.05, 3.63) is 53.6 Å². The molecule has 4 heteroatoms. The van der Waals surface area contributed by atoms with E-state index in [-0.39, 0.29) is 0 Å². The molecule has 0 atom stereocenters. The number of ether oxygens (including phenoxy) is 2. The van der Waals surface area contributed by atoms with Gasteiger partial charge in [-0.1, -0.05) is 71.6 Å². The zero-order chi connectivity index (χ0) is 26.2. The SMILES string of the molecule is CCCCN(CCCC)C(=Cc1ccccc1N(CCCC)CCCC)c1cc(OC)ccc1OC. The summed E-state index contributed by atoms with van der Waals surface area (Å²) in [6.45, 7) is 13.3. The fourth-order valence-electron chi connectivity index (χ4n) is 4.50. The summed E-state index contributed by atoms with van der Waals surface area (Å²) in [6.07, 6.45) is 11.9. The maximum atomic E-state index is 5.87. The highest BCUT2D eigenvalue weighted by atomic mass is 16.5. The Bertz CT molecular complexity index is 893. The van der Waals surface area contributed by atoms with Crippen LogP contribution in [0.3, 0.4) is 0 Å². The zero-order valence-electron chi connectivity index (χ0n) is 23.8. The van der Waals surface area contributed by atoms with E-state index >= 15 is 0 Å². The van der Waals surface area contributed by atoms with Crippen LogP contribution in [0, 0.1) is 0 Å². The van der Waals surface area contributed by atoms with E-state index in [4.69, 9.17) is 9.47 Å². The molecule has 0 aliphatic rings. The van der Waals surface area contributed by atoms with Gasteiger partial charge in [-0.3, -0.25) is 0 Å². The lowest BCUT2D eigenvalue weighted by molar-refractivity contribution is 0.372. The molecule has 0 amide bonds. The Morgan fingerprint density at radius 2 is 1.31 bits per heavy atom. The molecule has 0 unspecified atom stereocenters. The normalized spacial score (nSPS) is 11.4. The van der Waals surface area contributed by atoms with Crippen molar-refractivity contribution < 1.29 is 9.47 Å². The number of benzene rings is 2. The predicted molar refractivity (Wildman–Crippen MR) is 157 cm³/mol. The molecule has 0 aromatic heterocycles. The molecule has 200 valence electrons. The first-order valence-electron chi connectivity index (χ1n) is 14.2. The second kappa shape index (κ2) is 16.9. The van der Waals surface area contributed by atoms with E-state index in [0.29, 0.717) is 0 Å². The van der Waals surface area contributed by atoms with Crippen molar-refractivity contribution in [2.45, 2.75) is 79.1 Å². The Labute approximate surface area is 221 Å². The van der Waals surface area contributed by atoms with Gasteiger partial charge in [-0.25, -0.2) is 0 Å². The fraction of sp³-hybridized carbons (Fsp3) is 0.562.